The highest BCUT2D eigenvalue weighted by molar-refractivity contribution is 7.22. The Hall–Kier alpha value is -2.99. The summed E-state index contributed by atoms with van der Waals surface area (Å²) in [7, 11) is 0. The van der Waals surface area contributed by atoms with E-state index >= 15 is 0 Å². The first kappa shape index (κ1) is 15.9. The lowest BCUT2D eigenvalue weighted by Gasteiger charge is -2.15. The Morgan fingerprint density at radius 3 is 2.58 bits per heavy atom. The molecule has 1 N–H and O–H groups in total. The predicted molar refractivity (Wildman–Crippen MR) is 93.5 cm³/mol. The molecule has 1 aromatic heterocycles. The fourth-order valence-corrected chi connectivity index (χ4v) is 3.57. The van der Waals surface area contributed by atoms with Crippen LogP contribution in [-0.2, 0) is 4.79 Å². The van der Waals surface area contributed by atoms with Crippen LogP contribution in [-0.4, -0.2) is 16.0 Å². The Morgan fingerprint density at radius 1 is 1.17 bits per heavy atom. The summed E-state index contributed by atoms with van der Waals surface area (Å²) in [6.07, 6.45) is 2.72. The van der Waals surface area contributed by atoms with Crippen LogP contribution < -0.4 is 0 Å². The van der Waals surface area contributed by atoms with Gasteiger partial charge in [0, 0.05) is 28.1 Å². The summed E-state index contributed by atoms with van der Waals surface area (Å²) in [4.78, 5) is 21.6. The van der Waals surface area contributed by atoms with Crippen molar-refractivity contribution in [1.82, 2.24) is 0 Å². The molecule has 3 rings (SSSR count). The number of benzene rings is 2. The highest BCUT2D eigenvalue weighted by Crippen LogP contribution is 2.38. The quantitative estimate of drug-likeness (QED) is 0.419. The van der Waals surface area contributed by atoms with E-state index in [4.69, 9.17) is 5.11 Å². The minimum absolute atomic E-state index is 0.0754. The van der Waals surface area contributed by atoms with Crippen molar-refractivity contribution in [3.05, 3.63) is 88.0 Å². The Bertz CT molecular complexity index is 931. The summed E-state index contributed by atoms with van der Waals surface area (Å²) in [6, 6.07) is 16.6. The maximum Gasteiger partial charge on any atom is 0.328 e. The molecule has 0 amide bonds. The molecule has 2 aromatic carbocycles. The van der Waals surface area contributed by atoms with Crippen molar-refractivity contribution in [3.8, 4) is 0 Å². The fraction of sp³-hybridized carbons (Fsp3) is 0.0556. The molecule has 0 aliphatic rings. The van der Waals surface area contributed by atoms with Crippen LogP contribution in [0.15, 0.2) is 66.7 Å². The number of hydrogen-bond donors (Lipinski definition) is 1. The van der Waals surface area contributed by atoms with E-state index in [1.54, 1.807) is 12.1 Å². The molecule has 0 saturated heterocycles. The zero-order valence-corrected chi connectivity index (χ0v) is 13.3. The molecule has 0 aliphatic heterocycles. The molecule has 0 saturated carbocycles. The lowest BCUT2D eigenvalue weighted by atomic mass is 9.89. The molecule has 120 valence electrons. The van der Waals surface area contributed by atoms with E-state index in [0.29, 0.717) is 0 Å². The van der Waals surface area contributed by atoms with E-state index in [9.17, 15) is 14.9 Å². The van der Waals surface area contributed by atoms with E-state index in [1.807, 2.05) is 48.5 Å². The minimum atomic E-state index is -1.03. The van der Waals surface area contributed by atoms with E-state index in [-0.39, 0.29) is 10.9 Å². The van der Waals surface area contributed by atoms with Crippen LogP contribution in [0.2, 0.25) is 0 Å². The monoisotopic (exact) mass is 339 g/mol. The summed E-state index contributed by atoms with van der Waals surface area (Å²) in [5.74, 6) is -1.32. The number of carboxylic acids is 1. The van der Waals surface area contributed by atoms with E-state index < -0.39 is 10.9 Å². The third kappa shape index (κ3) is 3.18. The molecular weight excluding hydrogens is 326 g/mol. The van der Waals surface area contributed by atoms with Crippen molar-refractivity contribution in [2.45, 2.75) is 5.92 Å². The Kier molecular flexibility index (Phi) is 4.39. The fourth-order valence-electron chi connectivity index (χ4n) is 2.66. The first-order valence-electron chi connectivity index (χ1n) is 7.19. The number of nitrogens with zero attached hydrogens (tertiary/aromatic N) is 1. The zero-order valence-electron chi connectivity index (χ0n) is 12.5. The van der Waals surface area contributed by atoms with Crippen molar-refractivity contribution in [3.63, 3.8) is 0 Å². The minimum Gasteiger partial charge on any atom is -0.478 e. The normalized spacial score (nSPS) is 12.5. The third-order valence-corrected chi connectivity index (χ3v) is 4.74. The summed E-state index contributed by atoms with van der Waals surface area (Å²) < 4.78 is 0.809. The average molecular weight is 339 g/mol. The first-order chi connectivity index (χ1) is 11.6. The molecule has 1 unspecified atom stereocenters. The van der Waals surface area contributed by atoms with Gasteiger partial charge in [-0.1, -0.05) is 59.9 Å². The molecule has 3 aromatic rings. The van der Waals surface area contributed by atoms with Gasteiger partial charge in [-0.25, -0.2) is 4.79 Å². The van der Waals surface area contributed by atoms with Gasteiger partial charge < -0.3 is 5.11 Å². The number of thiophene rings is 1. The van der Waals surface area contributed by atoms with Gasteiger partial charge in [-0.15, -0.1) is 0 Å². The molecular formula is C18H13NO4S. The molecule has 0 radical (unpaired) electrons. The Balaban J connectivity index is 2.19. The van der Waals surface area contributed by atoms with Crippen LogP contribution in [0.1, 0.15) is 17.0 Å². The lowest BCUT2D eigenvalue weighted by Crippen LogP contribution is -2.00. The predicted octanol–water partition coefficient (Wildman–Crippen LogP) is 4.58. The molecule has 0 aliphatic carbocycles. The molecule has 0 spiro atoms. The van der Waals surface area contributed by atoms with Crippen molar-refractivity contribution >= 4 is 32.4 Å². The summed E-state index contributed by atoms with van der Waals surface area (Å²) in [5, 5.41) is 20.9. The number of nitro groups is 1. The molecule has 6 heteroatoms. The van der Waals surface area contributed by atoms with Crippen LogP contribution in [0, 0.1) is 10.1 Å². The molecule has 1 atom stereocenters. The van der Waals surface area contributed by atoms with Gasteiger partial charge >= 0.3 is 11.0 Å². The van der Waals surface area contributed by atoms with Gasteiger partial charge in [-0.05, 0) is 17.2 Å². The molecule has 5 nitrogen and oxygen atoms in total. The van der Waals surface area contributed by atoms with Gasteiger partial charge in [-0.3, -0.25) is 10.1 Å². The van der Waals surface area contributed by atoms with Crippen LogP contribution in [0.3, 0.4) is 0 Å². The topological polar surface area (TPSA) is 80.4 Å². The molecule has 24 heavy (non-hydrogen) atoms. The number of rotatable bonds is 5. The number of carboxylic acid groups (broad SMARTS) is 1. The highest BCUT2D eigenvalue weighted by atomic mass is 32.1. The largest absolute Gasteiger partial charge is 0.478 e. The number of fused-ring (bicyclic) bond motifs is 1. The number of aliphatic carboxylic acids is 1. The van der Waals surface area contributed by atoms with Crippen molar-refractivity contribution in [2.75, 3.05) is 0 Å². The SMILES string of the molecule is O=C(O)C=CC(c1ccccc1)c1cccc2sc([N+](=O)[O-])cc12. The maximum atomic E-state index is 11.1. The second-order valence-corrected chi connectivity index (χ2v) is 6.25. The summed E-state index contributed by atoms with van der Waals surface area (Å²) in [6.45, 7) is 0. The number of allylic oxidation sites excluding steroid dienone is 1. The first-order valence-corrected chi connectivity index (χ1v) is 8.01. The Morgan fingerprint density at radius 2 is 1.92 bits per heavy atom. The standard InChI is InChI=1S/C18H13NO4S/c20-18(21)10-9-13(12-5-2-1-3-6-12)14-7-4-8-16-15(14)11-17(24-16)19(22)23/h1-11,13H,(H,20,21). The molecule has 1 heterocycles. The second kappa shape index (κ2) is 6.64. The number of hydrogen-bond acceptors (Lipinski definition) is 4. The van der Waals surface area contributed by atoms with Crippen molar-refractivity contribution < 1.29 is 14.8 Å². The van der Waals surface area contributed by atoms with Crippen molar-refractivity contribution in [2.24, 2.45) is 0 Å². The smallest absolute Gasteiger partial charge is 0.328 e. The zero-order chi connectivity index (χ0) is 17.1. The molecule has 0 bridgehead atoms. The average Bonchev–Trinajstić information content (AvgIpc) is 3.01. The number of carbonyl (C=O) groups is 1. The van der Waals surface area contributed by atoms with Gasteiger partial charge in [-0.2, -0.15) is 0 Å². The van der Waals surface area contributed by atoms with Gasteiger partial charge in [0.2, 0.25) is 0 Å². The maximum absolute atomic E-state index is 11.1. The summed E-state index contributed by atoms with van der Waals surface area (Å²) in [5.41, 5.74) is 1.77. The Labute approximate surface area is 141 Å². The van der Waals surface area contributed by atoms with Gasteiger partial charge in [0.25, 0.3) is 0 Å². The highest BCUT2D eigenvalue weighted by Gasteiger charge is 2.19. The van der Waals surface area contributed by atoms with Crippen LogP contribution in [0.5, 0.6) is 0 Å². The third-order valence-electron chi connectivity index (χ3n) is 3.69. The summed E-state index contributed by atoms with van der Waals surface area (Å²) >= 11 is 1.12. The van der Waals surface area contributed by atoms with Crippen molar-refractivity contribution in [1.29, 1.82) is 0 Å². The van der Waals surface area contributed by atoms with E-state index in [1.165, 1.54) is 0 Å². The van der Waals surface area contributed by atoms with E-state index in [0.717, 1.165) is 38.6 Å². The lowest BCUT2D eigenvalue weighted by molar-refractivity contribution is -0.380. The van der Waals surface area contributed by atoms with Gasteiger partial charge in [0.05, 0.1) is 4.92 Å². The second-order valence-electron chi connectivity index (χ2n) is 5.19. The van der Waals surface area contributed by atoms with E-state index in [2.05, 4.69) is 0 Å². The van der Waals surface area contributed by atoms with Crippen LogP contribution in [0.25, 0.3) is 10.1 Å². The molecule has 0 fully saturated rings. The van der Waals surface area contributed by atoms with Gasteiger partial charge in [0.15, 0.2) is 0 Å². The van der Waals surface area contributed by atoms with Gasteiger partial charge in [0.1, 0.15) is 0 Å². The van der Waals surface area contributed by atoms with Crippen LogP contribution in [0.4, 0.5) is 5.00 Å². The van der Waals surface area contributed by atoms with Crippen LogP contribution >= 0.6 is 11.3 Å².